The van der Waals surface area contributed by atoms with Crippen molar-refractivity contribution in [3.63, 3.8) is 0 Å². The summed E-state index contributed by atoms with van der Waals surface area (Å²) in [7, 11) is 0. The zero-order valence-corrected chi connectivity index (χ0v) is 18.2. The molecule has 4 rings (SSSR count). The fourth-order valence-electron chi connectivity index (χ4n) is 3.94. The van der Waals surface area contributed by atoms with Crippen molar-refractivity contribution in [3.8, 4) is 11.1 Å². The smallest absolute Gasteiger partial charge is 0.414 e. The van der Waals surface area contributed by atoms with Crippen LogP contribution in [-0.4, -0.2) is 71.6 Å². The number of carbonyl (C=O) groups is 3. The molecule has 2 aliphatic heterocycles. The number of halogens is 1. The monoisotopic (exact) mass is 456 g/mol. The van der Waals surface area contributed by atoms with Crippen molar-refractivity contribution in [2.45, 2.75) is 25.9 Å². The Bertz CT molecular complexity index is 1060. The molecule has 2 N–H and O–H groups in total. The number of piperazine rings is 1. The van der Waals surface area contributed by atoms with Crippen LogP contribution in [-0.2, 0) is 14.3 Å². The fraction of sp³-hybridized carbons (Fsp3) is 0.409. The first kappa shape index (κ1) is 22.4. The molecule has 0 radical (unpaired) electrons. The predicted molar refractivity (Wildman–Crippen MR) is 118 cm³/mol. The number of nitrogens with zero attached hydrogens (tertiary/aromatic N) is 5. The van der Waals surface area contributed by atoms with Crippen molar-refractivity contribution in [3.05, 3.63) is 36.4 Å². The van der Waals surface area contributed by atoms with E-state index < -0.39 is 23.9 Å². The molecule has 1 aromatic carbocycles. The van der Waals surface area contributed by atoms with Crippen molar-refractivity contribution in [1.82, 2.24) is 14.9 Å². The summed E-state index contributed by atoms with van der Waals surface area (Å²) >= 11 is 0. The second-order valence-electron chi connectivity index (χ2n) is 8.05. The lowest BCUT2D eigenvalue weighted by Gasteiger charge is -2.34. The summed E-state index contributed by atoms with van der Waals surface area (Å²) in [5.74, 6) is -0.409. The van der Waals surface area contributed by atoms with E-state index in [1.807, 2.05) is 4.90 Å². The number of benzene rings is 1. The summed E-state index contributed by atoms with van der Waals surface area (Å²) in [4.78, 5) is 48.4. The molecule has 1 unspecified atom stereocenters. The van der Waals surface area contributed by atoms with E-state index in [4.69, 9.17) is 10.5 Å². The molecule has 10 nitrogen and oxygen atoms in total. The molecule has 0 saturated carbocycles. The SMILES string of the molecule is CC(=O)N1CCN(c2ncc(-c3ccc(N4CC(CCC(N)=O)OC4=O)cc3F)cn2)CC1. The number of ether oxygens (including phenoxy) is 1. The van der Waals surface area contributed by atoms with E-state index in [-0.39, 0.29) is 18.9 Å². The van der Waals surface area contributed by atoms with Gasteiger partial charge in [-0.1, -0.05) is 0 Å². The van der Waals surface area contributed by atoms with Crippen LogP contribution in [0.3, 0.4) is 0 Å². The number of anilines is 2. The number of primary amides is 1. The van der Waals surface area contributed by atoms with Crippen LogP contribution in [0.1, 0.15) is 19.8 Å². The van der Waals surface area contributed by atoms with E-state index in [1.54, 1.807) is 36.4 Å². The highest BCUT2D eigenvalue weighted by Crippen LogP contribution is 2.29. The van der Waals surface area contributed by atoms with Crippen LogP contribution in [0.4, 0.5) is 20.8 Å². The number of nitrogens with two attached hydrogens (primary N) is 1. The van der Waals surface area contributed by atoms with Gasteiger partial charge in [-0.25, -0.2) is 19.2 Å². The molecule has 2 aromatic rings. The van der Waals surface area contributed by atoms with Crippen molar-refractivity contribution in [1.29, 1.82) is 0 Å². The van der Waals surface area contributed by atoms with Gasteiger partial charge in [-0.15, -0.1) is 0 Å². The van der Waals surface area contributed by atoms with E-state index >= 15 is 0 Å². The maximum atomic E-state index is 14.9. The predicted octanol–water partition coefficient (Wildman–Crippen LogP) is 1.54. The Balaban J connectivity index is 1.43. The molecule has 0 spiro atoms. The Morgan fingerprint density at radius 3 is 2.48 bits per heavy atom. The van der Waals surface area contributed by atoms with E-state index in [0.29, 0.717) is 55.4 Å². The highest BCUT2D eigenvalue weighted by molar-refractivity contribution is 5.90. The van der Waals surface area contributed by atoms with Gasteiger partial charge >= 0.3 is 6.09 Å². The van der Waals surface area contributed by atoms with E-state index in [0.717, 1.165) is 0 Å². The van der Waals surface area contributed by atoms with E-state index in [9.17, 15) is 18.8 Å². The molecule has 0 aliphatic carbocycles. The summed E-state index contributed by atoms with van der Waals surface area (Å²) in [6, 6.07) is 4.46. The minimum atomic E-state index is -0.589. The van der Waals surface area contributed by atoms with E-state index in [2.05, 4.69) is 9.97 Å². The molecule has 174 valence electrons. The summed E-state index contributed by atoms with van der Waals surface area (Å²) in [5.41, 5.74) is 6.32. The maximum Gasteiger partial charge on any atom is 0.414 e. The van der Waals surface area contributed by atoms with Gasteiger partial charge in [-0.3, -0.25) is 14.5 Å². The third kappa shape index (κ3) is 5.02. The molecule has 3 amide bonds. The molecule has 2 aliphatic rings. The number of cyclic esters (lactones) is 1. The largest absolute Gasteiger partial charge is 0.444 e. The Morgan fingerprint density at radius 2 is 1.88 bits per heavy atom. The lowest BCUT2D eigenvalue weighted by atomic mass is 10.1. The third-order valence-corrected chi connectivity index (χ3v) is 5.81. The quantitative estimate of drug-likeness (QED) is 0.700. The zero-order valence-electron chi connectivity index (χ0n) is 18.2. The fourth-order valence-corrected chi connectivity index (χ4v) is 3.94. The van der Waals surface area contributed by atoms with Gasteiger partial charge < -0.3 is 20.3 Å². The van der Waals surface area contributed by atoms with Gasteiger partial charge in [0.1, 0.15) is 11.9 Å². The molecule has 1 aromatic heterocycles. The summed E-state index contributed by atoms with van der Waals surface area (Å²) in [6.07, 6.45) is 2.50. The number of hydrogen-bond acceptors (Lipinski definition) is 7. The summed E-state index contributed by atoms with van der Waals surface area (Å²) < 4.78 is 20.1. The number of aromatic nitrogens is 2. The standard InChI is InChI=1S/C22H25FN6O4/c1-14(30)27-6-8-28(9-7-27)21-25-11-15(12-26-21)18-4-2-16(10-19(18)23)29-13-17(33-22(29)32)3-5-20(24)31/h2,4,10-12,17H,3,5-9,13H2,1H3,(H2,24,31). The summed E-state index contributed by atoms with van der Waals surface area (Å²) in [5, 5.41) is 0. The highest BCUT2D eigenvalue weighted by Gasteiger charge is 2.32. The van der Waals surface area contributed by atoms with Crippen molar-refractivity contribution in [2.24, 2.45) is 5.73 Å². The van der Waals surface area contributed by atoms with Gasteiger partial charge in [0.15, 0.2) is 0 Å². The number of carbonyl (C=O) groups excluding carboxylic acids is 3. The van der Waals surface area contributed by atoms with Crippen molar-refractivity contribution < 1.29 is 23.5 Å². The first-order valence-corrected chi connectivity index (χ1v) is 10.7. The van der Waals surface area contributed by atoms with Crippen LogP contribution in [0, 0.1) is 5.82 Å². The Labute approximate surface area is 190 Å². The second kappa shape index (κ2) is 9.39. The molecule has 2 saturated heterocycles. The van der Waals surface area contributed by atoms with Gasteiger partial charge in [0.05, 0.1) is 12.2 Å². The Kier molecular flexibility index (Phi) is 6.38. The zero-order chi connectivity index (χ0) is 23.5. The molecular formula is C22H25FN6O4. The topological polar surface area (TPSA) is 122 Å². The molecule has 33 heavy (non-hydrogen) atoms. The van der Waals surface area contributed by atoms with Crippen LogP contribution in [0.15, 0.2) is 30.6 Å². The summed E-state index contributed by atoms with van der Waals surface area (Å²) in [6.45, 7) is 4.26. The van der Waals surface area contributed by atoms with Gasteiger partial charge in [0.25, 0.3) is 0 Å². The first-order chi connectivity index (χ1) is 15.8. The molecule has 2 fully saturated rings. The van der Waals surface area contributed by atoms with Gasteiger partial charge in [0.2, 0.25) is 17.8 Å². The third-order valence-electron chi connectivity index (χ3n) is 5.81. The number of rotatable bonds is 6. The van der Waals surface area contributed by atoms with E-state index in [1.165, 1.54) is 11.0 Å². The van der Waals surface area contributed by atoms with Crippen LogP contribution in [0.2, 0.25) is 0 Å². The number of amides is 3. The maximum absolute atomic E-state index is 14.9. The van der Waals surface area contributed by atoms with Gasteiger partial charge in [0, 0.05) is 63.0 Å². The molecule has 0 bridgehead atoms. The van der Waals surface area contributed by atoms with Crippen molar-refractivity contribution >= 4 is 29.5 Å². The van der Waals surface area contributed by atoms with Crippen LogP contribution in [0.5, 0.6) is 0 Å². The number of hydrogen-bond donors (Lipinski definition) is 1. The lowest BCUT2D eigenvalue weighted by Crippen LogP contribution is -2.48. The molecular weight excluding hydrogens is 431 g/mol. The minimum Gasteiger partial charge on any atom is -0.444 e. The van der Waals surface area contributed by atoms with Crippen LogP contribution in [0.25, 0.3) is 11.1 Å². The molecule has 3 heterocycles. The lowest BCUT2D eigenvalue weighted by molar-refractivity contribution is -0.129. The second-order valence-corrected chi connectivity index (χ2v) is 8.05. The average Bonchev–Trinajstić information content (AvgIpc) is 3.18. The van der Waals surface area contributed by atoms with Crippen LogP contribution >= 0.6 is 0 Å². The first-order valence-electron chi connectivity index (χ1n) is 10.7. The normalized spacial score (nSPS) is 18.4. The minimum absolute atomic E-state index is 0.0493. The average molecular weight is 456 g/mol. The molecule has 1 atom stereocenters. The Hall–Kier alpha value is -3.76. The highest BCUT2D eigenvalue weighted by atomic mass is 19.1. The Morgan fingerprint density at radius 1 is 1.18 bits per heavy atom. The van der Waals surface area contributed by atoms with Gasteiger partial charge in [-0.2, -0.15) is 0 Å². The van der Waals surface area contributed by atoms with Gasteiger partial charge in [-0.05, 0) is 24.6 Å². The van der Waals surface area contributed by atoms with Crippen LogP contribution < -0.4 is 15.5 Å². The molecule has 11 heteroatoms. The van der Waals surface area contributed by atoms with Crippen molar-refractivity contribution in [2.75, 3.05) is 42.5 Å².